The van der Waals surface area contributed by atoms with Crippen molar-refractivity contribution in [3.05, 3.63) is 29.8 Å². The molecule has 1 aromatic carbocycles. The van der Waals surface area contributed by atoms with Gasteiger partial charge in [0.1, 0.15) is 5.75 Å². The van der Waals surface area contributed by atoms with Crippen LogP contribution in [0, 0.1) is 0 Å². The quantitative estimate of drug-likeness (QED) is 0.891. The summed E-state index contributed by atoms with van der Waals surface area (Å²) in [5.74, 6) is -0.491. The van der Waals surface area contributed by atoms with E-state index in [2.05, 4.69) is 10.1 Å². The van der Waals surface area contributed by atoms with Crippen molar-refractivity contribution in [2.45, 2.75) is 44.4 Å². The summed E-state index contributed by atoms with van der Waals surface area (Å²) in [6.45, 7) is -2.95. The highest BCUT2D eigenvalue weighted by Crippen LogP contribution is 2.22. The Morgan fingerprint density at radius 2 is 1.90 bits per heavy atom. The minimum absolute atomic E-state index is 0.0434. The molecule has 0 spiro atoms. The summed E-state index contributed by atoms with van der Waals surface area (Å²) < 4.78 is 29.0. The van der Waals surface area contributed by atoms with Gasteiger partial charge in [0.2, 0.25) is 0 Å². The lowest BCUT2D eigenvalue weighted by molar-refractivity contribution is -0.0501. The number of carbonyl (C=O) groups is 1. The minimum atomic E-state index is -2.95. The van der Waals surface area contributed by atoms with E-state index in [-0.39, 0.29) is 29.3 Å². The van der Waals surface area contributed by atoms with Gasteiger partial charge in [-0.2, -0.15) is 8.78 Å². The van der Waals surface area contributed by atoms with Crippen LogP contribution in [0.1, 0.15) is 36.0 Å². The third kappa shape index (κ3) is 3.90. The number of para-hydroxylation sites is 1. The molecule has 3 N–H and O–H groups in total. The molecule has 1 amide bonds. The number of nitrogens with one attached hydrogen (secondary N) is 1. The van der Waals surface area contributed by atoms with Crippen molar-refractivity contribution in [1.29, 1.82) is 0 Å². The highest BCUT2D eigenvalue weighted by atomic mass is 19.3. The number of halogens is 2. The van der Waals surface area contributed by atoms with Crippen molar-refractivity contribution in [3.63, 3.8) is 0 Å². The maximum atomic E-state index is 12.3. The lowest BCUT2D eigenvalue weighted by Gasteiger charge is -2.27. The number of hydrogen-bond donors (Lipinski definition) is 2. The largest absolute Gasteiger partial charge is 0.434 e. The van der Waals surface area contributed by atoms with Crippen molar-refractivity contribution >= 4 is 5.91 Å². The first-order valence-corrected chi connectivity index (χ1v) is 6.66. The second kappa shape index (κ2) is 6.65. The lowest BCUT2D eigenvalue weighted by Crippen LogP contribution is -2.40. The fourth-order valence-corrected chi connectivity index (χ4v) is 2.38. The molecule has 0 radical (unpaired) electrons. The van der Waals surface area contributed by atoms with E-state index in [1.54, 1.807) is 12.1 Å². The van der Waals surface area contributed by atoms with Crippen LogP contribution in [0.3, 0.4) is 0 Å². The molecular formula is C14H18F2N2O2. The van der Waals surface area contributed by atoms with Crippen LogP contribution in [0.2, 0.25) is 0 Å². The predicted octanol–water partition coefficient (Wildman–Crippen LogP) is 2.29. The van der Waals surface area contributed by atoms with E-state index in [0.717, 1.165) is 25.7 Å². The molecule has 1 aromatic rings. The molecule has 1 aliphatic carbocycles. The fraction of sp³-hybridized carbons (Fsp3) is 0.500. The van der Waals surface area contributed by atoms with Gasteiger partial charge in [0.05, 0.1) is 5.56 Å². The molecule has 110 valence electrons. The maximum Gasteiger partial charge on any atom is 0.387 e. The van der Waals surface area contributed by atoms with E-state index in [4.69, 9.17) is 5.73 Å². The first-order chi connectivity index (χ1) is 9.56. The molecule has 0 atom stereocenters. The van der Waals surface area contributed by atoms with Gasteiger partial charge in [-0.3, -0.25) is 4.79 Å². The Balaban J connectivity index is 2.01. The molecule has 1 aliphatic rings. The Morgan fingerprint density at radius 3 is 2.55 bits per heavy atom. The summed E-state index contributed by atoms with van der Waals surface area (Å²) in [6, 6.07) is 6.23. The Labute approximate surface area is 116 Å². The van der Waals surface area contributed by atoms with E-state index in [1.165, 1.54) is 12.1 Å². The Kier molecular flexibility index (Phi) is 4.89. The zero-order valence-corrected chi connectivity index (χ0v) is 11.0. The van der Waals surface area contributed by atoms with E-state index < -0.39 is 6.61 Å². The first kappa shape index (κ1) is 14.7. The molecule has 0 heterocycles. The van der Waals surface area contributed by atoms with E-state index in [1.807, 2.05) is 0 Å². The van der Waals surface area contributed by atoms with Gasteiger partial charge in [-0.25, -0.2) is 0 Å². The van der Waals surface area contributed by atoms with Crippen LogP contribution in [0.15, 0.2) is 24.3 Å². The summed E-state index contributed by atoms with van der Waals surface area (Å²) in [6.07, 6.45) is 3.34. The number of hydrogen-bond acceptors (Lipinski definition) is 3. The molecule has 1 saturated carbocycles. The van der Waals surface area contributed by atoms with E-state index in [0.29, 0.717) is 0 Å². The van der Waals surface area contributed by atoms with Crippen molar-refractivity contribution in [2.75, 3.05) is 0 Å². The van der Waals surface area contributed by atoms with Crippen molar-refractivity contribution in [2.24, 2.45) is 5.73 Å². The van der Waals surface area contributed by atoms with Crippen LogP contribution < -0.4 is 15.8 Å². The molecule has 0 bridgehead atoms. The van der Waals surface area contributed by atoms with Crippen LogP contribution in [-0.4, -0.2) is 24.6 Å². The molecular weight excluding hydrogens is 266 g/mol. The van der Waals surface area contributed by atoms with Crippen molar-refractivity contribution in [3.8, 4) is 5.75 Å². The summed E-state index contributed by atoms with van der Waals surface area (Å²) in [5.41, 5.74) is 5.93. The van der Waals surface area contributed by atoms with Gasteiger partial charge in [0.25, 0.3) is 5.91 Å². The average Bonchev–Trinajstić information content (AvgIpc) is 2.41. The average molecular weight is 284 g/mol. The van der Waals surface area contributed by atoms with Gasteiger partial charge < -0.3 is 15.8 Å². The third-order valence-electron chi connectivity index (χ3n) is 3.45. The molecule has 2 rings (SSSR count). The summed E-state index contributed by atoms with van der Waals surface area (Å²) >= 11 is 0. The Morgan fingerprint density at radius 1 is 1.25 bits per heavy atom. The van der Waals surface area contributed by atoms with Crippen molar-refractivity contribution < 1.29 is 18.3 Å². The summed E-state index contributed by atoms with van der Waals surface area (Å²) in [7, 11) is 0. The fourth-order valence-electron chi connectivity index (χ4n) is 2.38. The Bertz CT molecular complexity index is 460. The topological polar surface area (TPSA) is 64.3 Å². The highest BCUT2D eigenvalue weighted by Gasteiger charge is 2.22. The van der Waals surface area contributed by atoms with Crippen LogP contribution in [0.5, 0.6) is 5.75 Å². The monoisotopic (exact) mass is 284 g/mol. The number of carbonyl (C=O) groups excluding carboxylic acids is 1. The number of benzene rings is 1. The number of ether oxygens (including phenoxy) is 1. The summed E-state index contributed by atoms with van der Waals surface area (Å²) in [5, 5.41) is 2.85. The third-order valence-corrected chi connectivity index (χ3v) is 3.45. The Hall–Kier alpha value is -1.69. The van der Waals surface area contributed by atoms with Gasteiger partial charge >= 0.3 is 6.61 Å². The number of amides is 1. The number of alkyl halides is 2. The molecule has 0 aliphatic heterocycles. The standard InChI is InChI=1S/C14H18F2N2O2/c15-14(16)20-12-4-2-1-3-11(12)13(19)18-10-7-5-9(17)6-8-10/h1-4,9-10,14H,5-8,17H2,(H,18,19). The van der Waals surface area contributed by atoms with Gasteiger partial charge in [0, 0.05) is 12.1 Å². The van der Waals surface area contributed by atoms with Gasteiger partial charge in [-0.1, -0.05) is 12.1 Å². The first-order valence-electron chi connectivity index (χ1n) is 6.66. The number of rotatable bonds is 4. The molecule has 4 nitrogen and oxygen atoms in total. The minimum Gasteiger partial charge on any atom is -0.434 e. The molecule has 0 unspecified atom stereocenters. The zero-order valence-electron chi connectivity index (χ0n) is 11.0. The summed E-state index contributed by atoms with van der Waals surface area (Å²) in [4.78, 5) is 12.1. The second-order valence-corrected chi connectivity index (χ2v) is 4.96. The SMILES string of the molecule is NC1CCC(NC(=O)c2ccccc2OC(F)F)CC1. The molecule has 20 heavy (non-hydrogen) atoms. The zero-order chi connectivity index (χ0) is 14.5. The predicted molar refractivity (Wildman–Crippen MR) is 70.8 cm³/mol. The van der Waals surface area contributed by atoms with Crippen LogP contribution in [0.4, 0.5) is 8.78 Å². The van der Waals surface area contributed by atoms with Gasteiger partial charge in [-0.05, 0) is 37.8 Å². The molecule has 6 heteroatoms. The van der Waals surface area contributed by atoms with E-state index >= 15 is 0 Å². The smallest absolute Gasteiger partial charge is 0.387 e. The van der Waals surface area contributed by atoms with Crippen molar-refractivity contribution in [1.82, 2.24) is 5.32 Å². The maximum absolute atomic E-state index is 12.3. The van der Waals surface area contributed by atoms with Crippen LogP contribution in [-0.2, 0) is 0 Å². The second-order valence-electron chi connectivity index (χ2n) is 4.96. The van der Waals surface area contributed by atoms with Crippen LogP contribution in [0.25, 0.3) is 0 Å². The van der Waals surface area contributed by atoms with Gasteiger partial charge in [-0.15, -0.1) is 0 Å². The van der Waals surface area contributed by atoms with Gasteiger partial charge in [0.15, 0.2) is 0 Å². The highest BCUT2D eigenvalue weighted by molar-refractivity contribution is 5.97. The van der Waals surface area contributed by atoms with Crippen LogP contribution >= 0.6 is 0 Å². The van der Waals surface area contributed by atoms with E-state index in [9.17, 15) is 13.6 Å². The number of nitrogens with two attached hydrogens (primary N) is 1. The lowest BCUT2D eigenvalue weighted by atomic mass is 9.91. The molecule has 0 aromatic heterocycles. The normalized spacial score (nSPS) is 22.6. The molecule has 0 saturated heterocycles. The molecule has 1 fully saturated rings.